The molecular formula is C39H40FN5O2. The molecule has 2 saturated heterocycles. The van der Waals surface area contributed by atoms with Crippen LogP contribution in [0.5, 0.6) is 6.01 Å². The van der Waals surface area contributed by atoms with Gasteiger partial charge in [-0.25, -0.2) is 9.37 Å². The highest BCUT2D eigenvalue weighted by Crippen LogP contribution is 2.48. The van der Waals surface area contributed by atoms with Gasteiger partial charge in [0.25, 0.3) is 0 Å². The number of benzene rings is 3. The maximum Gasteiger partial charge on any atom is 0.316 e. The van der Waals surface area contributed by atoms with Gasteiger partial charge in [-0.1, -0.05) is 66.7 Å². The fourth-order valence-corrected chi connectivity index (χ4v) is 8.54. The molecule has 3 aromatic carbocycles. The summed E-state index contributed by atoms with van der Waals surface area (Å²) in [6, 6.07) is 28.2. The van der Waals surface area contributed by atoms with Gasteiger partial charge in [0.1, 0.15) is 24.4 Å². The van der Waals surface area contributed by atoms with Gasteiger partial charge in [0.2, 0.25) is 0 Å². The first-order valence-corrected chi connectivity index (χ1v) is 16.9. The minimum atomic E-state index is -0.803. The highest BCUT2D eigenvalue weighted by atomic mass is 19.1. The Morgan fingerprint density at radius 1 is 0.979 bits per heavy atom. The second-order valence-electron chi connectivity index (χ2n) is 13.7. The molecule has 7 nitrogen and oxygen atoms in total. The minimum absolute atomic E-state index is 0.255. The molecule has 3 aliphatic heterocycles. The minimum Gasteiger partial charge on any atom is -0.461 e. The Morgan fingerprint density at radius 3 is 2.49 bits per heavy atom. The number of aryl methyl sites for hydroxylation is 1. The van der Waals surface area contributed by atoms with Gasteiger partial charge in [0.05, 0.1) is 29.1 Å². The highest BCUT2D eigenvalue weighted by molar-refractivity contribution is 5.67. The molecule has 0 unspecified atom stereocenters. The third-order valence-corrected chi connectivity index (χ3v) is 10.8. The molecule has 4 aliphatic rings. The number of anilines is 1. The van der Waals surface area contributed by atoms with Gasteiger partial charge < -0.3 is 14.4 Å². The van der Waals surface area contributed by atoms with E-state index in [-0.39, 0.29) is 5.54 Å². The molecule has 240 valence electrons. The molecule has 1 spiro atoms. The lowest BCUT2D eigenvalue weighted by molar-refractivity contribution is -0.0859. The van der Waals surface area contributed by atoms with Crippen LogP contribution in [0.2, 0.25) is 0 Å². The number of nitriles is 1. The zero-order valence-electron chi connectivity index (χ0n) is 26.7. The summed E-state index contributed by atoms with van der Waals surface area (Å²) in [4.78, 5) is 14.0. The first kappa shape index (κ1) is 30.0. The molecule has 8 rings (SSSR count). The summed E-state index contributed by atoms with van der Waals surface area (Å²) in [6.07, 6.45) is 6.77. The maximum atomic E-state index is 14.4. The lowest BCUT2D eigenvalue weighted by atomic mass is 9.72. The summed E-state index contributed by atoms with van der Waals surface area (Å²) in [5, 5.41) is 10.9. The van der Waals surface area contributed by atoms with Crippen LogP contribution < -0.4 is 9.64 Å². The number of halogens is 1. The SMILES string of the molecule is N#Cc1c(N(Cc2ccccc2)Cc2ccccc2)ccc2c1[C@]1(CCC2)Cc2nc(OC[C@@]34CCCN3C[C@H](F)C4)ncc2CO1. The van der Waals surface area contributed by atoms with Crippen LogP contribution in [0.4, 0.5) is 10.1 Å². The number of rotatable bonds is 8. The smallest absolute Gasteiger partial charge is 0.316 e. The number of fused-ring (bicyclic) bond motifs is 4. The molecule has 0 amide bonds. The van der Waals surface area contributed by atoms with Crippen molar-refractivity contribution in [2.24, 2.45) is 0 Å². The van der Waals surface area contributed by atoms with Crippen LogP contribution in [0.25, 0.3) is 0 Å². The fraction of sp³-hybridized carbons (Fsp3) is 0.410. The first-order chi connectivity index (χ1) is 23.0. The van der Waals surface area contributed by atoms with Crippen LogP contribution in [-0.4, -0.2) is 46.3 Å². The number of ether oxygens (including phenoxy) is 2. The monoisotopic (exact) mass is 629 g/mol. The van der Waals surface area contributed by atoms with Crippen molar-refractivity contribution >= 4 is 5.69 Å². The van der Waals surface area contributed by atoms with Crippen LogP contribution in [0.1, 0.15) is 71.2 Å². The second-order valence-corrected chi connectivity index (χ2v) is 13.7. The number of alkyl halides is 1. The van der Waals surface area contributed by atoms with Crippen molar-refractivity contribution < 1.29 is 13.9 Å². The van der Waals surface area contributed by atoms with Crippen LogP contribution in [0.15, 0.2) is 79.0 Å². The second kappa shape index (κ2) is 12.4. The Bertz CT molecular complexity index is 1760. The standard InChI is InChI=1S/C39H40FN5O2/c40-32-19-38(16-8-18-45(38)25-32)27-46-37-42-22-31-26-47-39(20-34(31)43-37)17-7-13-30-14-15-35(33(21-41)36(30)39)44(23-28-9-3-1-4-10-28)24-29-11-5-2-6-12-29/h1-6,9-12,14-15,22,32H,7-8,13,16-20,23-27H2/t32-,38+,39+/m1/s1. The normalized spacial score (nSPS) is 24.7. The van der Waals surface area contributed by atoms with E-state index in [0.29, 0.717) is 57.3 Å². The lowest BCUT2D eigenvalue weighted by Crippen LogP contribution is -2.43. The Kier molecular flexibility index (Phi) is 7.90. The van der Waals surface area contributed by atoms with Crippen molar-refractivity contribution in [2.75, 3.05) is 24.6 Å². The molecule has 2 fully saturated rings. The highest BCUT2D eigenvalue weighted by Gasteiger charge is 2.49. The molecule has 4 aromatic rings. The summed E-state index contributed by atoms with van der Waals surface area (Å²) in [5.74, 6) is 0. The topological polar surface area (TPSA) is 74.5 Å². The molecule has 0 radical (unpaired) electrons. The van der Waals surface area contributed by atoms with Gasteiger partial charge in [0.15, 0.2) is 0 Å². The van der Waals surface area contributed by atoms with E-state index in [2.05, 4.69) is 81.5 Å². The Balaban J connectivity index is 1.12. The van der Waals surface area contributed by atoms with Gasteiger partial charge in [-0.05, 0) is 61.4 Å². The molecule has 3 atom stereocenters. The third-order valence-electron chi connectivity index (χ3n) is 10.8. The molecule has 47 heavy (non-hydrogen) atoms. The number of hydrogen-bond donors (Lipinski definition) is 0. The molecule has 1 aliphatic carbocycles. The van der Waals surface area contributed by atoms with Crippen molar-refractivity contribution in [3.05, 3.63) is 118 Å². The quantitative estimate of drug-likeness (QED) is 0.212. The third kappa shape index (κ3) is 5.66. The Labute approximate surface area is 276 Å². The molecular weight excluding hydrogens is 589 g/mol. The van der Waals surface area contributed by atoms with Gasteiger partial charge in [0, 0.05) is 49.8 Å². The summed E-state index contributed by atoms with van der Waals surface area (Å²) in [7, 11) is 0. The van der Waals surface area contributed by atoms with E-state index in [9.17, 15) is 9.65 Å². The molecule has 4 heterocycles. The van der Waals surface area contributed by atoms with E-state index in [1.807, 2.05) is 18.3 Å². The van der Waals surface area contributed by atoms with Crippen LogP contribution in [0, 0.1) is 11.3 Å². The molecule has 0 saturated carbocycles. The van der Waals surface area contributed by atoms with Crippen molar-refractivity contribution in [2.45, 2.75) is 82.0 Å². The fourth-order valence-electron chi connectivity index (χ4n) is 8.54. The Hall–Kier alpha value is -4.32. The zero-order chi connectivity index (χ0) is 31.8. The molecule has 1 aromatic heterocycles. The van der Waals surface area contributed by atoms with Gasteiger partial charge in [-0.2, -0.15) is 10.2 Å². The van der Waals surface area contributed by atoms with Crippen molar-refractivity contribution in [1.82, 2.24) is 14.9 Å². The van der Waals surface area contributed by atoms with Crippen molar-refractivity contribution in [1.29, 1.82) is 5.26 Å². The number of aromatic nitrogens is 2. The number of nitrogens with zero attached hydrogens (tertiary/aromatic N) is 5. The molecule has 0 N–H and O–H groups in total. The first-order valence-electron chi connectivity index (χ1n) is 16.9. The van der Waals surface area contributed by atoms with Crippen LogP contribution in [0.3, 0.4) is 0 Å². The lowest BCUT2D eigenvalue weighted by Gasteiger charge is -2.43. The van der Waals surface area contributed by atoms with Crippen LogP contribution >= 0.6 is 0 Å². The van der Waals surface area contributed by atoms with Gasteiger partial charge >= 0.3 is 6.01 Å². The Morgan fingerprint density at radius 2 is 1.74 bits per heavy atom. The molecule has 0 bridgehead atoms. The van der Waals surface area contributed by atoms with E-state index in [1.165, 1.54) is 16.7 Å². The largest absolute Gasteiger partial charge is 0.461 e. The van der Waals surface area contributed by atoms with E-state index in [4.69, 9.17) is 14.5 Å². The van der Waals surface area contributed by atoms with E-state index in [1.54, 1.807) is 0 Å². The average Bonchev–Trinajstić information content (AvgIpc) is 3.63. The molecule has 8 heteroatoms. The van der Waals surface area contributed by atoms with Gasteiger partial charge in [-0.3, -0.25) is 4.90 Å². The van der Waals surface area contributed by atoms with Crippen molar-refractivity contribution in [3.63, 3.8) is 0 Å². The van der Waals surface area contributed by atoms with E-state index < -0.39 is 11.8 Å². The summed E-state index contributed by atoms with van der Waals surface area (Å²) in [6.45, 7) is 3.54. The summed E-state index contributed by atoms with van der Waals surface area (Å²) in [5.41, 5.74) is 7.10. The van der Waals surface area contributed by atoms with Crippen LogP contribution in [-0.2, 0) is 42.9 Å². The number of hydrogen-bond acceptors (Lipinski definition) is 7. The predicted octanol–water partition coefficient (Wildman–Crippen LogP) is 6.81. The summed E-state index contributed by atoms with van der Waals surface area (Å²) < 4.78 is 27.4. The van der Waals surface area contributed by atoms with E-state index >= 15 is 0 Å². The zero-order valence-corrected chi connectivity index (χ0v) is 26.7. The maximum absolute atomic E-state index is 14.4. The van der Waals surface area contributed by atoms with Gasteiger partial charge in [-0.15, -0.1) is 0 Å². The average molecular weight is 630 g/mol. The predicted molar refractivity (Wildman–Crippen MR) is 178 cm³/mol. The van der Waals surface area contributed by atoms with E-state index in [0.717, 1.165) is 61.2 Å². The summed E-state index contributed by atoms with van der Waals surface area (Å²) >= 11 is 0. The van der Waals surface area contributed by atoms with Crippen molar-refractivity contribution in [3.8, 4) is 12.1 Å².